The normalized spacial score (nSPS) is 23.8. The van der Waals surface area contributed by atoms with Crippen molar-refractivity contribution in [2.75, 3.05) is 35.3 Å². The van der Waals surface area contributed by atoms with E-state index in [4.69, 9.17) is 15.3 Å². The van der Waals surface area contributed by atoms with Gasteiger partial charge in [0.05, 0.1) is 13.2 Å². The van der Waals surface area contributed by atoms with Crippen molar-refractivity contribution in [2.45, 2.75) is 196 Å². The van der Waals surface area contributed by atoms with Gasteiger partial charge in [-0.05, 0) is 89.4 Å². The summed E-state index contributed by atoms with van der Waals surface area (Å²) in [5, 5.41) is 6.47. The van der Waals surface area contributed by atoms with Gasteiger partial charge < -0.3 is 45.6 Å². The summed E-state index contributed by atoms with van der Waals surface area (Å²) in [5.74, 6) is -6.44. The first-order chi connectivity index (χ1) is 32.9. The van der Waals surface area contributed by atoms with Gasteiger partial charge in [0.15, 0.2) is 6.04 Å². The van der Waals surface area contributed by atoms with Gasteiger partial charge in [0.1, 0.15) is 48.4 Å². The van der Waals surface area contributed by atoms with Crippen molar-refractivity contribution in [3.8, 4) is 0 Å². The molecule has 12 atom stereocenters. The van der Waals surface area contributed by atoms with Crippen molar-refractivity contribution in [1.82, 2.24) is 40.2 Å². The molecule has 2 aliphatic rings. The third-order valence-corrected chi connectivity index (χ3v) is 14.0. The molecule has 0 aromatic heterocycles. The third-order valence-electron chi connectivity index (χ3n) is 14.0. The predicted molar refractivity (Wildman–Crippen MR) is 269 cm³/mol. The van der Waals surface area contributed by atoms with Crippen LogP contribution in [-0.4, -0.2) is 185 Å². The number of likely N-dealkylation sites (N-methyl/N-ethyl adjacent to an activating group) is 4. The van der Waals surface area contributed by atoms with Crippen molar-refractivity contribution >= 4 is 53.2 Å². The fourth-order valence-electron chi connectivity index (χ4n) is 9.43. The minimum absolute atomic E-state index is 0.0195. The Morgan fingerprint density at radius 2 is 1.44 bits per heavy atom. The van der Waals surface area contributed by atoms with Gasteiger partial charge in [0.25, 0.3) is 5.91 Å². The Hall–Kier alpha value is -5.11. The van der Waals surface area contributed by atoms with Crippen molar-refractivity contribution in [3.63, 3.8) is 0 Å². The lowest BCUT2D eigenvalue weighted by Gasteiger charge is -2.50. The van der Waals surface area contributed by atoms with Crippen LogP contribution in [0.25, 0.3) is 0 Å². The number of methoxy groups -OCH3 is 1. The van der Waals surface area contributed by atoms with E-state index < -0.39 is 126 Å². The summed E-state index contributed by atoms with van der Waals surface area (Å²) in [4.78, 5) is 141. The number of rotatable bonds is 21. The lowest BCUT2D eigenvalue weighted by Crippen LogP contribution is -2.71. The van der Waals surface area contributed by atoms with Gasteiger partial charge in [-0.15, -0.1) is 0 Å². The topological polar surface area (TPSA) is 242 Å². The van der Waals surface area contributed by atoms with Gasteiger partial charge in [-0.1, -0.05) is 81.4 Å². The molecule has 0 aromatic carbocycles. The summed E-state index contributed by atoms with van der Waals surface area (Å²) in [6, 6.07) is -10.9. The van der Waals surface area contributed by atoms with E-state index in [1.54, 1.807) is 34.6 Å². The van der Waals surface area contributed by atoms with Crippen LogP contribution in [0.5, 0.6) is 0 Å². The summed E-state index contributed by atoms with van der Waals surface area (Å²) in [5.41, 5.74) is 6.21. The van der Waals surface area contributed by atoms with Gasteiger partial charge in [-0.2, -0.15) is 0 Å². The Morgan fingerprint density at radius 1 is 0.845 bits per heavy atom. The van der Waals surface area contributed by atoms with Crippen LogP contribution in [0.4, 0.5) is 0 Å². The van der Waals surface area contributed by atoms with Crippen molar-refractivity contribution in [2.24, 2.45) is 35.3 Å². The van der Waals surface area contributed by atoms with Gasteiger partial charge in [0, 0.05) is 34.2 Å². The number of nitrogens with zero attached hydrogens (tertiary/aromatic N) is 6. The van der Waals surface area contributed by atoms with E-state index in [0.29, 0.717) is 6.42 Å². The molecule has 1 unspecified atom stereocenters. The zero-order chi connectivity index (χ0) is 54.7. The number of hydroxylamine groups is 2. The molecule has 20 heteroatoms. The molecule has 2 fully saturated rings. The van der Waals surface area contributed by atoms with Crippen molar-refractivity contribution < 1.29 is 52.7 Å². The van der Waals surface area contributed by atoms with Crippen molar-refractivity contribution in [3.05, 3.63) is 12.2 Å². The molecule has 0 bridgehead atoms. The summed E-state index contributed by atoms with van der Waals surface area (Å²) < 4.78 is 4.89. The first-order valence-corrected chi connectivity index (χ1v) is 25.4. The highest BCUT2D eigenvalue weighted by Gasteiger charge is 2.54. The van der Waals surface area contributed by atoms with Gasteiger partial charge in [-0.25, -0.2) is 9.86 Å². The lowest BCUT2D eigenvalue weighted by molar-refractivity contribution is -0.321. The molecule has 2 saturated heterocycles. The number of carbonyl (C=O) groups is 9. The first-order valence-electron chi connectivity index (χ1n) is 25.4. The lowest BCUT2D eigenvalue weighted by atomic mass is 9.90. The highest BCUT2D eigenvalue weighted by atomic mass is 16.7. The van der Waals surface area contributed by atoms with E-state index in [2.05, 4.69) is 10.6 Å². The molecule has 0 radical (unpaired) electrons. The first kappa shape index (κ1) is 62.0. The molecule has 8 amide bonds. The summed E-state index contributed by atoms with van der Waals surface area (Å²) >= 11 is 0. The van der Waals surface area contributed by atoms with Crippen LogP contribution < -0.4 is 16.4 Å². The average molecular weight is 1000 g/mol. The summed E-state index contributed by atoms with van der Waals surface area (Å²) in [6.07, 6.45) is 4.08. The standard InChI is InChI=1S/C51H89N9O11/c1-20-22-23-31(11)42-41(44(62)54-35(21-2)51(69)70-19)60(71-42)50(68)40(30(9)10)58(18)48(66)38-26-32(12)59(34(14)46(64)56(16)37(25-28(5)6)47(65)57(38)17)45(63)33(13)53-43(61)36(24-27(3)4)55(15)49(67)39(52)29(7)8/h20,22,27-42H,21,23-26,52H2,1-19H3,(H,53,61)(H,54,62)/b22-20-/t31-,32?,33+,34+,35+,36-,37-,38-,39+,40+,41+,42-/m0/s1. The second-order valence-electron chi connectivity index (χ2n) is 21.3. The molecule has 2 rings (SSSR count). The number of hydrogen-bond acceptors (Lipinski definition) is 12. The summed E-state index contributed by atoms with van der Waals surface area (Å²) in [7, 11) is 7.11. The Morgan fingerprint density at radius 3 is 1.93 bits per heavy atom. The molecule has 20 nitrogen and oxygen atoms in total. The van der Waals surface area contributed by atoms with Gasteiger partial charge in [-0.3, -0.25) is 43.2 Å². The van der Waals surface area contributed by atoms with Gasteiger partial charge >= 0.3 is 5.97 Å². The molecule has 404 valence electrons. The van der Waals surface area contributed by atoms with Crippen LogP contribution in [0.3, 0.4) is 0 Å². The average Bonchev–Trinajstić information content (AvgIpc) is 3.29. The molecular formula is C51H89N9O11. The number of ether oxygens (including phenoxy) is 1. The zero-order valence-corrected chi connectivity index (χ0v) is 46.2. The van der Waals surface area contributed by atoms with E-state index in [1.165, 1.54) is 66.7 Å². The number of nitrogens with one attached hydrogen (secondary N) is 2. The van der Waals surface area contributed by atoms with E-state index >= 15 is 4.79 Å². The fraction of sp³-hybridized carbons (Fsp3) is 0.784. The number of allylic oxidation sites excluding steroid dienone is 2. The maximum absolute atomic E-state index is 15.2. The fourth-order valence-corrected chi connectivity index (χ4v) is 9.43. The molecule has 0 spiro atoms. The van der Waals surface area contributed by atoms with E-state index in [9.17, 15) is 38.4 Å². The zero-order valence-electron chi connectivity index (χ0n) is 46.2. The number of esters is 1. The molecule has 0 aliphatic carbocycles. The smallest absolute Gasteiger partial charge is 0.328 e. The largest absolute Gasteiger partial charge is 0.467 e. The van der Waals surface area contributed by atoms with E-state index in [-0.39, 0.29) is 49.4 Å². The molecule has 0 aromatic rings. The van der Waals surface area contributed by atoms with Crippen LogP contribution in [0.1, 0.15) is 129 Å². The highest BCUT2D eigenvalue weighted by molar-refractivity contribution is 5.98. The Labute approximate surface area is 423 Å². The molecule has 2 aliphatic heterocycles. The minimum Gasteiger partial charge on any atom is -0.467 e. The number of nitrogens with two attached hydrogens (primary N) is 1. The Kier molecular flexibility index (Phi) is 23.7. The monoisotopic (exact) mass is 1000 g/mol. The highest BCUT2D eigenvalue weighted by Crippen LogP contribution is 2.34. The molecule has 4 N–H and O–H groups in total. The molecule has 71 heavy (non-hydrogen) atoms. The predicted octanol–water partition coefficient (Wildman–Crippen LogP) is 2.72. The number of hydrogen-bond donors (Lipinski definition) is 3. The maximum atomic E-state index is 15.2. The van der Waals surface area contributed by atoms with Gasteiger partial charge in [0.2, 0.25) is 41.4 Å². The van der Waals surface area contributed by atoms with E-state index in [0.717, 1.165) is 5.06 Å². The Bertz CT molecular complexity index is 1930. The van der Waals surface area contributed by atoms with Crippen LogP contribution in [0, 0.1) is 29.6 Å². The number of carbonyl (C=O) groups excluding carboxylic acids is 9. The quantitative estimate of drug-likeness (QED) is 0.111. The second kappa shape index (κ2) is 27.1. The van der Waals surface area contributed by atoms with Crippen LogP contribution in [0.2, 0.25) is 0 Å². The Balaban J connectivity index is 2.70. The molecular weight excluding hydrogens is 915 g/mol. The second-order valence-corrected chi connectivity index (χ2v) is 21.3. The maximum Gasteiger partial charge on any atom is 0.328 e. The van der Waals surface area contributed by atoms with Crippen LogP contribution in [-0.2, 0) is 52.7 Å². The van der Waals surface area contributed by atoms with Crippen LogP contribution in [0.15, 0.2) is 12.2 Å². The minimum atomic E-state index is -1.30. The van der Waals surface area contributed by atoms with Crippen molar-refractivity contribution in [1.29, 1.82) is 0 Å². The SMILES string of the molecule is C/C=C\C[C@H](C)[C@@H]1ON(C(=O)[C@@H](C(C)C)N(C)C(=O)[C@@H]2CC(C)N(C(=O)[C@@H](C)NC(=O)[C@H](CC(C)C)N(C)C(=O)[C@H](N)C(C)C)[C@H](C)C(=O)N(C)[C@@H](CC(C)C)C(=O)N2C)[C@H]1C(=O)N[C@H](CC)C(=O)OC. The summed E-state index contributed by atoms with van der Waals surface area (Å²) in [6.45, 7) is 24.8. The number of amides is 8. The molecule has 2 heterocycles. The van der Waals surface area contributed by atoms with Crippen LogP contribution >= 0.6 is 0 Å². The van der Waals surface area contributed by atoms with E-state index in [1.807, 2.05) is 67.5 Å². The third kappa shape index (κ3) is 15.0. The molecule has 0 saturated carbocycles.